The molecule has 0 aliphatic heterocycles. The van der Waals surface area contributed by atoms with Gasteiger partial charge in [0.15, 0.2) is 5.78 Å². The molecule has 0 heterocycles. The Morgan fingerprint density at radius 1 is 0.806 bits per heavy atom. The highest BCUT2D eigenvalue weighted by Gasteiger charge is 2.25. The molecule has 0 bridgehead atoms. The van der Waals surface area contributed by atoms with Crippen LogP contribution in [-0.4, -0.2) is 29.7 Å². The lowest BCUT2D eigenvalue weighted by Crippen LogP contribution is -2.52. The summed E-state index contributed by atoms with van der Waals surface area (Å²) < 4.78 is 0. The van der Waals surface area contributed by atoms with Crippen LogP contribution in [0.1, 0.15) is 38.3 Å². The molecule has 2 N–H and O–H groups in total. The minimum atomic E-state index is -0.759. The van der Waals surface area contributed by atoms with E-state index >= 15 is 0 Å². The van der Waals surface area contributed by atoms with Crippen LogP contribution in [0.15, 0.2) is 72.8 Å². The number of benzene rings is 2. The molecule has 5 nitrogen and oxygen atoms in total. The van der Waals surface area contributed by atoms with Gasteiger partial charge in [0.25, 0.3) is 0 Å². The van der Waals surface area contributed by atoms with Gasteiger partial charge in [-0.1, -0.05) is 80.6 Å². The Bertz CT molecular complexity index is 876. The van der Waals surface area contributed by atoms with E-state index in [-0.39, 0.29) is 17.6 Å². The van der Waals surface area contributed by atoms with Crippen molar-refractivity contribution in [3.05, 3.63) is 83.9 Å². The van der Waals surface area contributed by atoms with Crippen LogP contribution in [0.3, 0.4) is 0 Å². The summed E-state index contributed by atoms with van der Waals surface area (Å²) in [5, 5.41) is 5.59. The van der Waals surface area contributed by atoms with E-state index in [4.69, 9.17) is 0 Å². The lowest BCUT2D eigenvalue weighted by molar-refractivity contribution is -0.130. The van der Waals surface area contributed by atoms with E-state index in [9.17, 15) is 14.4 Å². The minimum absolute atomic E-state index is 0.154. The number of rotatable bonds is 11. The van der Waals surface area contributed by atoms with E-state index in [0.717, 1.165) is 17.5 Å². The Balaban J connectivity index is 2.18. The highest BCUT2D eigenvalue weighted by molar-refractivity contribution is 5.98. The normalized spacial score (nSPS) is 13.0. The molecule has 0 unspecified atom stereocenters. The fraction of sp³-hybridized carbons (Fsp3) is 0.346. The van der Waals surface area contributed by atoms with Crippen molar-refractivity contribution in [2.45, 2.75) is 52.1 Å². The molecule has 0 saturated heterocycles. The quantitative estimate of drug-likeness (QED) is 0.545. The predicted molar refractivity (Wildman–Crippen MR) is 123 cm³/mol. The molecule has 2 atom stereocenters. The summed E-state index contributed by atoms with van der Waals surface area (Å²) in [5.41, 5.74) is 1.89. The summed E-state index contributed by atoms with van der Waals surface area (Å²) in [6.45, 7) is 5.55. The van der Waals surface area contributed by atoms with E-state index in [2.05, 4.69) is 24.5 Å². The van der Waals surface area contributed by atoms with Crippen molar-refractivity contribution in [1.29, 1.82) is 0 Å². The Hall–Kier alpha value is -3.21. The summed E-state index contributed by atoms with van der Waals surface area (Å²) in [7, 11) is 0. The van der Waals surface area contributed by atoms with Gasteiger partial charge in [-0.05, 0) is 29.5 Å². The number of hydrogen-bond donors (Lipinski definition) is 2. The molecule has 31 heavy (non-hydrogen) atoms. The first-order valence-electron chi connectivity index (χ1n) is 10.7. The van der Waals surface area contributed by atoms with Crippen molar-refractivity contribution < 1.29 is 14.4 Å². The zero-order valence-electron chi connectivity index (χ0n) is 18.5. The molecule has 0 fully saturated rings. The van der Waals surface area contributed by atoms with E-state index in [1.165, 1.54) is 6.92 Å². The van der Waals surface area contributed by atoms with Crippen LogP contribution in [0.2, 0.25) is 0 Å². The van der Waals surface area contributed by atoms with Crippen LogP contribution >= 0.6 is 0 Å². The predicted octanol–water partition coefficient (Wildman–Crippen LogP) is 3.63. The molecule has 0 radical (unpaired) electrons. The number of carbonyl (C=O) groups is 3. The third-order valence-electron chi connectivity index (χ3n) is 4.81. The summed E-state index contributed by atoms with van der Waals surface area (Å²) in [5.74, 6) is -0.371. The second-order valence-corrected chi connectivity index (χ2v) is 8.13. The molecule has 2 amide bonds. The molecule has 5 heteroatoms. The van der Waals surface area contributed by atoms with Crippen LogP contribution in [-0.2, 0) is 27.2 Å². The van der Waals surface area contributed by atoms with Gasteiger partial charge >= 0.3 is 0 Å². The molecule has 0 aromatic heterocycles. The first kappa shape index (κ1) is 24.1. The maximum atomic E-state index is 13.1. The Morgan fingerprint density at radius 3 is 1.81 bits per heavy atom. The molecule has 0 saturated carbocycles. The van der Waals surface area contributed by atoms with E-state index in [1.807, 2.05) is 66.7 Å². The topological polar surface area (TPSA) is 75.3 Å². The number of amides is 2. The van der Waals surface area contributed by atoms with Crippen molar-refractivity contribution in [1.82, 2.24) is 10.6 Å². The van der Waals surface area contributed by atoms with E-state index < -0.39 is 12.1 Å². The zero-order chi connectivity index (χ0) is 22.6. The standard InChI is InChI=1S/C26H32N2O3/c1-19(2)11-10-16-25(30)23(17-21-12-6-4-7-13-21)28-26(31)24(27-20(3)29)18-22-14-8-5-9-15-22/h4-10,12-16,19,23-24H,11,17-18H2,1-3H3,(H,27,29)(H,28,31)/b16-10+/t23-,24-/m0/s1. The smallest absolute Gasteiger partial charge is 0.243 e. The highest BCUT2D eigenvalue weighted by Crippen LogP contribution is 2.09. The lowest BCUT2D eigenvalue weighted by atomic mass is 9.99. The van der Waals surface area contributed by atoms with Crippen LogP contribution in [0.25, 0.3) is 0 Å². The minimum Gasteiger partial charge on any atom is -0.344 e. The third kappa shape index (κ3) is 8.99. The molecule has 0 aliphatic carbocycles. The summed E-state index contributed by atoms with van der Waals surface area (Å²) in [6, 6.07) is 17.6. The molecule has 2 aromatic rings. The zero-order valence-corrected chi connectivity index (χ0v) is 18.5. The molecular weight excluding hydrogens is 388 g/mol. The number of hydrogen-bond acceptors (Lipinski definition) is 3. The molecule has 2 aromatic carbocycles. The second kappa shape index (κ2) is 12.5. The Morgan fingerprint density at radius 2 is 1.32 bits per heavy atom. The van der Waals surface area contributed by atoms with Crippen LogP contribution in [0.5, 0.6) is 0 Å². The second-order valence-electron chi connectivity index (χ2n) is 8.13. The number of allylic oxidation sites excluding steroid dienone is 1. The molecular formula is C26H32N2O3. The van der Waals surface area contributed by atoms with Gasteiger partial charge in [-0.2, -0.15) is 0 Å². The number of nitrogens with one attached hydrogen (secondary N) is 2. The highest BCUT2D eigenvalue weighted by atomic mass is 16.2. The lowest BCUT2D eigenvalue weighted by Gasteiger charge is -2.22. The maximum absolute atomic E-state index is 13.1. The van der Waals surface area contributed by atoms with E-state index in [0.29, 0.717) is 18.8 Å². The van der Waals surface area contributed by atoms with Gasteiger partial charge in [0.1, 0.15) is 6.04 Å². The van der Waals surface area contributed by atoms with Crippen LogP contribution in [0.4, 0.5) is 0 Å². The van der Waals surface area contributed by atoms with Gasteiger partial charge in [0.2, 0.25) is 11.8 Å². The van der Waals surface area contributed by atoms with Crippen molar-refractivity contribution in [3.63, 3.8) is 0 Å². The van der Waals surface area contributed by atoms with Crippen LogP contribution < -0.4 is 10.6 Å². The largest absolute Gasteiger partial charge is 0.344 e. The van der Waals surface area contributed by atoms with Crippen LogP contribution in [0, 0.1) is 5.92 Å². The van der Waals surface area contributed by atoms with Gasteiger partial charge in [-0.3, -0.25) is 14.4 Å². The maximum Gasteiger partial charge on any atom is 0.243 e. The van der Waals surface area contributed by atoms with Crippen molar-refractivity contribution in [2.75, 3.05) is 0 Å². The van der Waals surface area contributed by atoms with Gasteiger partial charge < -0.3 is 10.6 Å². The fourth-order valence-electron chi connectivity index (χ4n) is 3.22. The first-order chi connectivity index (χ1) is 14.8. The molecule has 2 rings (SSSR count). The number of ketones is 1. The van der Waals surface area contributed by atoms with Gasteiger partial charge in [-0.15, -0.1) is 0 Å². The van der Waals surface area contributed by atoms with Gasteiger partial charge in [0, 0.05) is 19.8 Å². The first-order valence-corrected chi connectivity index (χ1v) is 10.7. The summed E-state index contributed by atoms with van der Waals surface area (Å²) in [6.07, 6.45) is 4.93. The Kier molecular flexibility index (Phi) is 9.69. The molecule has 164 valence electrons. The third-order valence-corrected chi connectivity index (χ3v) is 4.81. The van der Waals surface area contributed by atoms with E-state index in [1.54, 1.807) is 6.08 Å². The fourth-order valence-corrected chi connectivity index (χ4v) is 3.22. The SMILES string of the molecule is CC(=O)N[C@@H](Cc1ccccc1)C(=O)N[C@@H](Cc1ccccc1)C(=O)/C=C/CC(C)C. The summed E-state index contributed by atoms with van der Waals surface area (Å²) >= 11 is 0. The van der Waals surface area contributed by atoms with Crippen molar-refractivity contribution in [2.24, 2.45) is 5.92 Å². The van der Waals surface area contributed by atoms with Gasteiger partial charge in [-0.25, -0.2) is 0 Å². The average Bonchev–Trinajstić information content (AvgIpc) is 2.73. The van der Waals surface area contributed by atoms with Gasteiger partial charge in [0.05, 0.1) is 6.04 Å². The molecule has 0 aliphatic rings. The van der Waals surface area contributed by atoms with Crippen molar-refractivity contribution >= 4 is 17.6 Å². The van der Waals surface area contributed by atoms with Crippen molar-refractivity contribution in [3.8, 4) is 0 Å². The average molecular weight is 421 g/mol. The summed E-state index contributed by atoms with van der Waals surface area (Å²) in [4.78, 5) is 37.6. The number of carbonyl (C=O) groups excluding carboxylic acids is 3. The molecule has 0 spiro atoms. The Labute approximate surface area is 184 Å². The monoisotopic (exact) mass is 420 g/mol.